The van der Waals surface area contributed by atoms with Gasteiger partial charge in [-0.1, -0.05) is 11.6 Å². The van der Waals surface area contributed by atoms with Gasteiger partial charge in [-0.25, -0.2) is 4.98 Å². The molecule has 3 nitrogen and oxygen atoms in total. The number of rotatable bonds is 2. The Morgan fingerprint density at radius 1 is 1.25 bits per heavy atom. The minimum absolute atomic E-state index is 0.408. The third-order valence-electron chi connectivity index (χ3n) is 2.12. The van der Waals surface area contributed by atoms with Crippen LogP contribution in [0.25, 0.3) is 0 Å². The van der Waals surface area contributed by atoms with Crippen molar-refractivity contribution in [2.45, 2.75) is 6.92 Å². The molecule has 4 heteroatoms. The van der Waals surface area contributed by atoms with Gasteiger partial charge in [0.2, 0.25) is 0 Å². The highest BCUT2D eigenvalue weighted by Gasteiger charge is 2.02. The zero-order chi connectivity index (χ0) is 11.5. The van der Waals surface area contributed by atoms with Crippen LogP contribution in [0.1, 0.15) is 5.56 Å². The van der Waals surface area contributed by atoms with Crippen molar-refractivity contribution in [3.63, 3.8) is 0 Å². The van der Waals surface area contributed by atoms with E-state index in [1.165, 1.54) is 0 Å². The summed E-state index contributed by atoms with van der Waals surface area (Å²) in [6.07, 6.45) is 1.60. The molecule has 2 rings (SSSR count). The highest BCUT2D eigenvalue weighted by molar-refractivity contribution is 6.29. The Morgan fingerprint density at radius 3 is 2.75 bits per heavy atom. The molecule has 1 heterocycles. The lowest BCUT2D eigenvalue weighted by Crippen LogP contribution is -1.90. The van der Waals surface area contributed by atoms with Crippen LogP contribution in [-0.2, 0) is 0 Å². The molecule has 0 aliphatic heterocycles. The molecule has 0 radical (unpaired) electrons. The molecular weight excluding hydrogens is 224 g/mol. The summed E-state index contributed by atoms with van der Waals surface area (Å²) in [6.45, 7) is 1.94. The third kappa shape index (κ3) is 2.44. The topological polar surface area (TPSA) is 48.1 Å². The fourth-order valence-corrected chi connectivity index (χ4v) is 1.53. The van der Waals surface area contributed by atoms with Crippen molar-refractivity contribution in [2.75, 3.05) is 5.73 Å². The average molecular weight is 235 g/mol. The quantitative estimate of drug-likeness (QED) is 0.640. The van der Waals surface area contributed by atoms with Gasteiger partial charge in [0.25, 0.3) is 0 Å². The standard InChI is InChI=1S/C12H11ClN2O/c1-8-6-9(14)2-3-11(8)16-10-4-5-15-12(13)7-10/h2-7H,14H2,1H3. The second-order valence-electron chi connectivity index (χ2n) is 3.44. The van der Waals surface area contributed by atoms with Crippen LogP contribution < -0.4 is 10.5 Å². The summed E-state index contributed by atoms with van der Waals surface area (Å²) in [5.41, 5.74) is 7.36. The summed E-state index contributed by atoms with van der Waals surface area (Å²) in [7, 11) is 0. The molecule has 0 unspecified atom stereocenters. The molecule has 16 heavy (non-hydrogen) atoms. The van der Waals surface area contributed by atoms with Crippen LogP contribution in [0.2, 0.25) is 5.15 Å². The van der Waals surface area contributed by atoms with Crippen LogP contribution >= 0.6 is 11.6 Å². The Hall–Kier alpha value is -1.74. The van der Waals surface area contributed by atoms with E-state index in [-0.39, 0.29) is 0 Å². The molecular formula is C12H11ClN2O. The largest absolute Gasteiger partial charge is 0.457 e. The summed E-state index contributed by atoms with van der Waals surface area (Å²) >= 11 is 5.76. The molecule has 0 aliphatic carbocycles. The number of aromatic nitrogens is 1. The van der Waals surface area contributed by atoms with Gasteiger partial charge >= 0.3 is 0 Å². The van der Waals surface area contributed by atoms with Gasteiger partial charge in [0, 0.05) is 18.0 Å². The fraction of sp³-hybridized carbons (Fsp3) is 0.0833. The molecule has 0 saturated carbocycles. The average Bonchev–Trinajstić information content (AvgIpc) is 2.22. The Kier molecular flexibility index (Phi) is 2.97. The normalized spacial score (nSPS) is 10.1. The van der Waals surface area contributed by atoms with Crippen LogP contribution in [-0.4, -0.2) is 4.98 Å². The lowest BCUT2D eigenvalue weighted by molar-refractivity contribution is 0.478. The Balaban J connectivity index is 2.27. The maximum Gasteiger partial charge on any atom is 0.132 e. The molecule has 0 amide bonds. The molecule has 0 aliphatic rings. The van der Waals surface area contributed by atoms with E-state index in [4.69, 9.17) is 22.1 Å². The Morgan fingerprint density at radius 2 is 2.06 bits per heavy atom. The minimum atomic E-state index is 0.408. The number of pyridine rings is 1. The minimum Gasteiger partial charge on any atom is -0.457 e. The number of nitrogen functional groups attached to an aromatic ring is 1. The molecule has 0 bridgehead atoms. The second-order valence-corrected chi connectivity index (χ2v) is 3.83. The zero-order valence-corrected chi connectivity index (χ0v) is 9.53. The van der Waals surface area contributed by atoms with Crippen molar-refractivity contribution in [2.24, 2.45) is 0 Å². The van der Waals surface area contributed by atoms with Crippen molar-refractivity contribution >= 4 is 17.3 Å². The van der Waals surface area contributed by atoms with Crippen molar-refractivity contribution in [1.82, 2.24) is 4.98 Å². The van der Waals surface area contributed by atoms with E-state index in [0.717, 1.165) is 17.0 Å². The first-order chi connectivity index (χ1) is 7.65. The Bertz CT molecular complexity index is 514. The number of halogens is 1. The molecule has 0 spiro atoms. The van der Waals surface area contributed by atoms with Crippen molar-refractivity contribution in [1.29, 1.82) is 0 Å². The molecule has 0 saturated heterocycles. The number of hydrogen-bond donors (Lipinski definition) is 1. The van der Waals surface area contributed by atoms with Gasteiger partial charge in [0.15, 0.2) is 0 Å². The molecule has 0 fully saturated rings. The predicted molar refractivity (Wildman–Crippen MR) is 64.9 cm³/mol. The van der Waals surface area contributed by atoms with Gasteiger partial charge in [-0.05, 0) is 36.8 Å². The van der Waals surface area contributed by atoms with Crippen LogP contribution in [0.15, 0.2) is 36.5 Å². The molecule has 0 atom stereocenters. The molecule has 1 aromatic carbocycles. The molecule has 2 aromatic rings. The first-order valence-corrected chi connectivity index (χ1v) is 5.18. The monoisotopic (exact) mass is 234 g/mol. The maximum atomic E-state index is 5.76. The first kappa shape index (κ1) is 10.8. The van der Waals surface area contributed by atoms with E-state index < -0.39 is 0 Å². The summed E-state index contributed by atoms with van der Waals surface area (Å²) in [5.74, 6) is 1.42. The molecule has 2 N–H and O–H groups in total. The van der Waals surface area contributed by atoms with E-state index in [0.29, 0.717) is 10.9 Å². The van der Waals surface area contributed by atoms with Gasteiger partial charge in [-0.2, -0.15) is 0 Å². The summed E-state index contributed by atoms with van der Waals surface area (Å²) in [4.78, 5) is 3.88. The Labute approximate surface area is 98.8 Å². The third-order valence-corrected chi connectivity index (χ3v) is 2.33. The summed E-state index contributed by atoms with van der Waals surface area (Å²) < 4.78 is 5.66. The fourth-order valence-electron chi connectivity index (χ4n) is 1.36. The molecule has 1 aromatic heterocycles. The smallest absolute Gasteiger partial charge is 0.132 e. The van der Waals surface area contributed by atoms with Crippen LogP contribution in [0.5, 0.6) is 11.5 Å². The SMILES string of the molecule is Cc1cc(N)ccc1Oc1ccnc(Cl)c1. The van der Waals surface area contributed by atoms with Gasteiger partial charge in [0.05, 0.1) is 0 Å². The number of anilines is 1. The number of nitrogens with two attached hydrogens (primary N) is 1. The highest BCUT2D eigenvalue weighted by atomic mass is 35.5. The second kappa shape index (κ2) is 4.41. The summed E-state index contributed by atoms with van der Waals surface area (Å²) in [5, 5.41) is 0.408. The van der Waals surface area contributed by atoms with Gasteiger partial charge in [-0.15, -0.1) is 0 Å². The van der Waals surface area contributed by atoms with Crippen LogP contribution in [0.3, 0.4) is 0 Å². The number of ether oxygens (including phenoxy) is 1. The van der Waals surface area contributed by atoms with Crippen LogP contribution in [0.4, 0.5) is 5.69 Å². The lowest BCUT2D eigenvalue weighted by atomic mass is 10.2. The van der Waals surface area contributed by atoms with Crippen molar-refractivity contribution in [3.8, 4) is 11.5 Å². The van der Waals surface area contributed by atoms with E-state index in [1.54, 1.807) is 24.4 Å². The number of benzene rings is 1. The van der Waals surface area contributed by atoms with E-state index in [2.05, 4.69) is 4.98 Å². The van der Waals surface area contributed by atoms with Crippen molar-refractivity contribution < 1.29 is 4.74 Å². The molecule has 82 valence electrons. The van der Waals surface area contributed by atoms with Crippen molar-refractivity contribution in [3.05, 3.63) is 47.2 Å². The number of nitrogens with zero attached hydrogens (tertiary/aromatic N) is 1. The number of aryl methyl sites for hydroxylation is 1. The van der Waals surface area contributed by atoms with Gasteiger partial charge in [-0.3, -0.25) is 0 Å². The van der Waals surface area contributed by atoms with Gasteiger partial charge in [0.1, 0.15) is 16.7 Å². The lowest BCUT2D eigenvalue weighted by Gasteiger charge is -2.08. The highest BCUT2D eigenvalue weighted by Crippen LogP contribution is 2.27. The zero-order valence-electron chi connectivity index (χ0n) is 8.77. The first-order valence-electron chi connectivity index (χ1n) is 4.81. The number of hydrogen-bond acceptors (Lipinski definition) is 3. The predicted octanol–water partition coefficient (Wildman–Crippen LogP) is 3.42. The summed E-state index contributed by atoms with van der Waals surface area (Å²) in [6, 6.07) is 8.90. The van der Waals surface area contributed by atoms with E-state index >= 15 is 0 Å². The van der Waals surface area contributed by atoms with E-state index in [9.17, 15) is 0 Å². The van der Waals surface area contributed by atoms with E-state index in [1.807, 2.05) is 19.1 Å². The maximum absolute atomic E-state index is 5.76. The van der Waals surface area contributed by atoms with Crippen LogP contribution in [0, 0.1) is 6.92 Å². The van der Waals surface area contributed by atoms with Gasteiger partial charge < -0.3 is 10.5 Å².